The van der Waals surface area contributed by atoms with Gasteiger partial charge in [0.05, 0.1) is 0 Å². The van der Waals surface area contributed by atoms with Crippen molar-refractivity contribution in [3.63, 3.8) is 0 Å². The monoisotopic (exact) mass is 304 g/mol. The highest BCUT2D eigenvalue weighted by molar-refractivity contribution is 8.00. The maximum atomic E-state index is 12.2. The molecule has 0 bridgehead atoms. The highest BCUT2D eigenvalue weighted by Gasteiger charge is 2.29. The summed E-state index contributed by atoms with van der Waals surface area (Å²) in [6.45, 7) is 4.80. The molecule has 0 aromatic heterocycles. The minimum absolute atomic E-state index is 0.0739. The fraction of sp³-hybridized carbons (Fsp3) is 0.571. The summed E-state index contributed by atoms with van der Waals surface area (Å²) >= 11 is -0.0739. The van der Waals surface area contributed by atoms with Crippen molar-refractivity contribution < 1.29 is 13.2 Å². The van der Waals surface area contributed by atoms with Crippen LogP contribution in [0.4, 0.5) is 13.2 Å². The molecule has 1 aliphatic rings. The zero-order valence-corrected chi connectivity index (χ0v) is 12.2. The SMILES string of the molecule is CC1CN(Cc2ccc(SC(F)(F)F)cc2)CCC1N. The van der Waals surface area contributed by atoms with Crippen molar-refractivity contribution in [3.8, 4) is 0 Å². The molecule has 1 saturated heterocycles. The van der Waals surface area contributed by atoms with Crippen LogP contribution in [0.15, 0.2) is 29.2 Å². The van der Waals surface area contributed by atoms with E-state index >= 15 is 0 Å². The van der Waals surface area contributed by atoms with Crippen molar-refractivity contribution in [1.82, 2.24) is 4.90 Å². The third-order valence-corrected chi connectivity index (χ3v) is 4.36. The molecular weight excluding hydrogens is 285 g/mol. The van der Waals surface area contributed by atoms with Crippen molar-refractivity contribution in [1.29, 1.82) is 0 Å². The number of nitrogens with zero attached hydrogens (tertiary/aromatic N) is 1. The molecule has 112 valence electrons. The first kappa shape index (κ1) is 15.7. The second-order valence-corrected chi connectivity index (χ2v) is 6.50. The highest BCUT2D eigenvalue weighted by atomic mass is 32.2. The molecule has 2 nitrogen and oxygen atoms in total. The number of rotatable bonds is 3. The van der Waals surface area contributed by atoms with Gasteiger partial charge < -0.3 is 5.73 Å². The van der Waals surface area contributed by atoms with Gasteiger partial charge >= 0.3 is 5.51 Å². The molecule has 20 heavy (non-hydrogen) atoms. The molecule has 0 aliphatic carbocycles. The zero-order chi connectivity index (χ0) is 14.8. The molecule has 1 aliphatic heterocycles. The van der Waals surface area contributed by atoms with Gasteiger partial charge in [-0.1, -0.05) is 19.1 Å². The number of thioether (sulfide) groups is 1. The summed E-state index contributed by atoms with van der Waals surface area (Å²) in [7, 11) is 0. The quantitative estimate of drug-likeness (QED) is 0.867. The van der Waals surface area contributed by atoms with Gasteiger partial charge in [0.1, 0.15) is 0 Å². The van der Waals surface area contributed by atoms with E-state index in [1.165, 1.54) is 12.1 Å². The van der Waals surface area contributed by atoms with E-state index in [0.29, 0.717) is 5.92 Å². The number of likely N-dealkylation sites (tertiary alicyclic amines) is 1. The van der Waals surface area contributed by atoms with Crippen LogP contribution in [-0.2, 0) is 6.54 Å². The molecule has 2 atom stereocenters. The van der Waals surface area contributed by atoms with E-state index in [-0.39, 0.29) is 22.7 Å². The van der Waals surface area contributed by atoms with Gasteiger partial charge in [-0.15, -0.1) is 0 Å². The Balaban J connectivity index is 1.91. The van der Waals surface area contributed by atoms with E-state index in [0.717, 1.165) is 31.6 Å². The van der Waals surface area contributed by atoms with Gasteiger partial charge in [0.2, 0.25) is 0 Å². The fourth-order valence-corrected chi connectivity index (χ4v) is 2.99. The number of alkyl halides is 3. The van der Waals surface area contributed by atoms with Crippen LogP contribution in [0.2, 0.25) is 0 Å². The lowest BCUT2D eigenvalue weighted by Crippen LogP contribution is -2.45. The van der Waals surface area contributed by atoms with Crippen LogP contribution >= 0.6 is 11.8 Å². The van der Waals surface area contributed by atoms with E-state index in [1.807, 2.05) is 0 Å². The summed E-state index contributed by atoms with van der Waals surface area (Å²) in [6, 6.07) is 6.87. The number of benzene rings is 1. The third-order valence-electron chi connectivity index (χ3n) is 3.62. The molecule has 2 N–H and O–H groups in total. The molecule has 1 aromatic carbocycles. The van der Waals surface area contributed by atoms with Gasteiger partial charge in [0.15, 0.2) is 0 Å². The predicted octanol–water partition coefficient (Wildman–Crippen LogP) is 3.47. The van der Waals surface area contributed by atoms with Gasteiger partial charge in [-0.25, -0.2) is 0 Å². The van der Waals surface area contributed by atoms with E-state index in [2.05, 4.69) is 11.8 Å². The van der Waals surface area contributed by atoms with Crippen LogP contribution in [0.5, 0.6) is 0 Å². The van der Waals surface area contributed by atoms with Gasteiger partial charge in [-0.05, 0) is 48.3 Å². The topological polar surface area (TPSA) is 29.3 Å². The second kappa shape index (κ2) is 6.37. The van der Waals surface area contributed by atoms with E-state index in [4.69, 9.17) is 5.73 Å². The molecule has 2 rings (SSSR count). The van der Waals surface area contributed by atoms with Crippen LogP contribution in [0.3, 0.4) is 0 Å². The molecule has 2 unspecified atom stereocenters. The average molecular weight is 304 g/mol. The van der Waals surface area contributed by atoms with Crippen LogP contribution in [0, 0.1) is 5.92 Å². The molecule has 0 spiro atoms. The van der Waals surface area contributed by atoms with Crippen molar-refractivity contribution >= 4 is 11.8 Å². The van der Waals surface area contributed by atoms with E-state index < -0.39 is 5.51 Å². The molecule has 1 aromatic rings. The lowest BCUT2D eigenvalue weighted by molar-refractivity contribution is -0.0328. The Bertz CT molecular complexity index is 433. The Kier molecular flexibility index (Phi) is 4.99. The molecule has 0 amide bonds. The lowest BCUT2D eigenvalue weighted by atomic mass is 9.94. The summed E-state index contributed by atoms with van der Waals surface area (Å²) in [4.78, 5) is 2.54. The summed E-state index contributed by atoms with van der Waals surface area (Å²) in [5.74, 6) is 0.462. The maximum absolute atomic E-state index is 12.2. The first-order valence-corrected chi connectivity index (χ1v) is 7.48. The molecular formula is C14H19F3N2S. The van der Waals surface area contributed by atoms with Gasteiger partial charge in [0.25, 0.3) is 0 Å². The molecule has 1 heterocycles. The minimum Gasteiger partial charge on any atom is -0.327 e. The average Bonchev–Trinajstić information content (AvgIpc) is 2.35. The van der Waals surface area contributed by atoms with Gasteiger partial charge in [0, 0.05) is 24.0 Å². The standard InChI is InChI=1S/C14H19F3N2S/c1-10-8-19(7-6-13(10)18)9-11-2-4-12(5-3-11)20-14(15,16)17/h2-5,10,13H,6-9,18H2,1H3. The van der Waals surface area contributed by atoms with Crippen LogP contribution in [0.25, 0.3) is 0 Å². The first-order chi connectivity index (χ1) is 9.33. The Morgan fingerprint density at radius 1 is 1.30 bits per heavy atom. The lowest BCUT2D eigenvalue weighted by Gasteiger charge is -2.35. The Morgan fingerprint density at radius 3 is 2.50 bits per heavy atom. The van der Waals surface area contributed by atoms with Crippen LogP contribution < -0.4 is 5.73 Å². The summed E-state index contributed by atoms with van der Waals surface area (Å²) in [6.07, 6.45) is 0.975. The second-order valence-electron chi connectivity index (χ2n) is 5.36. The highest BCUT2D eigenvalue weighted by Crippen LogP contribution is 2.36. The van der Waals surface area contributed by atoms with Gasteiger partial charge in [-0.2, -0.15) is 13.2 Å². The number of piperidine rings is 1. The third kappa shape index (κ3) is 4.68. The number of halogens is 3. The molecule has 0 radical (unpaired) electrons. The Hall–Kier alpha value is -0.720. The summed E-state index contributed by atoms with van der Waals surface area (Å²) in [5, 5.41) is 0. The Morgan fingerprint density at radius 2 is 1.95 bits per heavy atom. The first-order valence-electron chi connectivity index (χ1n) is 6.66. The summed E-state index contributed by atoms with van der Waals surface area (Å²) in [5.41, 5.74) is 2.80. The summed E-state index contributed by atoms with van der Waals surface area (Å²) < 4.78 is 36.7. The van der Waals surface area contributed by atoms with E-state index in [1.54, 1.807) is 12.1 Å². The van der Waals surface area contributed by atoms with Crippen molar-refractivity contribution in [2.24, 2.45) is 11.7 Å². The van der Waals surface area contributed by atoms with Crippen LogP contribution in [0.1, 0.15) is 18.9 Å². The minimum atomic E-state index is -4.22. The zero-order valence-electron chi connectivity index (χ0n) is 11.4. The molecule has 1 fully saturated rings. The molecule has 0 saturated carbocycles. The number of hydrogen-bond acceptors (Lipinski definition) is 3. The smallest absolute Gasteiger partial charge is 0.327 e. The van der Waals surface area contributed by atoms with Crippen LogP contribution in [-0.4, -0.2) is 29.5 Å². The van der Waals surface area contributed by atoms with Crippen molar-refractivity contribution in [3.05, 3.63) is 29.8 Å². The fourth-order valence-electron chi connectivity index (χ4n) is 2.45. The number of nitrogens with two attached hydrogens (primary N) is 1. The predicted molar refractivity (Wildman–Crippen MR) is 75.4 cm³/mol. The maximum Gasteiger partial charge on any atom is 0.446 e. The largest absolute Gasteiger partial charge is 0.446 e. The van der Waals surface area contributed by atoms with Gasteiger partial charge in [-0.3, -0.25) is 4.90 Å². The number of hydrogen-bond donors (Lipinski definition) is 1. The van der Waals surface area contributed by atoms with Crippen molar-refractivity contribution in [2.75, 3.05) is 13.1 Å². The molecule has 6 heteroatoms. The Labute approximate surface area is 121 Å². The normalized spacial score (nSPS) is 24.9. The van der Waals surface area contributed by atoms with E-state index in [9.17, 15) is 13.2 Å². The van der Waals surface area contributed by atoms with Crippen molar-refractivity contribution in [2.45, 2.75) is 36.3 Å².